The van der Waals surface area contributed by atoms with Gasteiger partial charge >= 0.3 is 0 Å². The topological polar surface area (TPSA) is 12.9 Å². The highest BCUT2D eigenvalue weighted by Gasteiger charge is 1.89. The van der Waals surface area contributed by atoms with E-state index in [2.05, 4.69) is 48.3 Å². The first kappa shape index (κ1) is 10.6. The van der Waals surface area contributed by atoms with E-state index >= 15 is 0 Å². The molecular formula is C15H15N. The van der Waals surface area contributed by atoms with Gasteiger partial charge in [0.1, 0.15) is 0 Å². The summed E-state index contributed by atoms with van der Waals surface area (Å²) in [5.74, 6) is 0. The molecule has 0 fully saturated rings. The number of hydrogen-bond acceptors (Lipinski definition) is 1. The van der Waals surface area contributed by atoms with Crippen LogP contribution in [0.4, 0.5) is 0 Å². The second-order valence-electron chi connectivity index (χ2n) is 4.00. The van der Waals surface area contributed by atoms with Gasteiger partial charge in [-0.2, -0.15) is 0 Å². The third kappa shape index (κ3) is 2.80. The van der Waals surface area contributed by atoms with Crippen molar-refractivity contribution >= 4 is 12.2 Å². The Hall–Kier alpha value is -1.89. The molecule has 0 saturated heterocycles. The van der Waals surface area contributed by atoms with Crippen molar-refractivity contribution < 1.29 is 0 Å². The molecule has 1 aromatic carbocycles. The van der Waals surface area contributed by atoms with E-state index in [1.54, 1.807) is 0 Å². The standard InChI is InChI=1S/C15H15N/c1-12-3-6-14(7-4-12)8-10-15-9-5-13(2)11-16-15/h3-11H,1-2H3. The molecule has 2 aromatic rings. The molecule has 0 bridgehead atoms. The third-order valence-corrected chi connectivity index (χ3v) is 2.46. The zero-order valence-electron chi connectivity index (χ0n) is 9.64. The van der Waals surface area contributed by atoms with Crippen LogP contribution in [-0.4, -0.2) is 4.98 Å². The smallest absolute Gasteiger partial charge is 0.0630 e. The number of aryl methyl sites for hydroxylation is 2. The Balaban J connectivity index is 2.15. The summed E-state index contributed by atoms with van der Waals surface area (Å²) in [4.78, 5) is 4.32. The summed E-state index contributed by atoms with van der Waals surface area (Å²) in [6.45, 7) is 4.13. The Morgan fingerprint density at radius 2 is 1.50 bits per heavy atom. The van der Waals surface area contributed by atoms with Crippen molar-refractivity contribution in [3.63, 3.8) is 0 Å². The highest BCUT2D eigenvalue weighted by atomic mass is 14.7. The minimum atomic E-state index is 0.992. The normalized spacial score (nSPS) is 10.9. The van der Waals surface area contributed by atoms with Crippen LogP contribution >= 0.6 is 0 Å². The number of pyridine rings is 1. The second-order valence-corrected chi connectivity index (χ2v) is 4.00. The Bertz CT molecular complexity index is 430. The van der Waals surface area contributed by atoms with Crippen molar-refractivity contribution in [3.8, 4) is 0 Å². The van der Waals surface area contributed by atoms with Gasteiger partial charge in [0.25, 0.3) is 0 Å². The van der Waals surface area contributed by atoms with E-state index in [0.29, 0.717) is 0 Å². The molecule has 1 heterocycles. The van der Waals surface area contributed by atoms with Gasteiger partial charge in [0.15, 0.2) is 0 Å². The maximum Gasteiger partial charge on any atom is 0.0630 e. The SMILES string of the molecule is Cc1ccc(C=Cc2ccc(C)cn2)cc1. The van der Waals surface area contributed by atoms with Gasteiger partial charge in [0, 0.05) is 6.20 Å². The van der Waals surface area contributed by atoms with Crippen molar-refractivity contribution in [2.24, 2.45) is 0 Å². The molecule has 0 radical (unpaired) electrons. The van der Waals surface area contributed by atoms with Crippen LogP contribution in [0.1, 0.15) is 22.4 Å². The highest BCUT2D eigenvalue weighted by Crippen LogP contribution is 2.08. The summed E-state index contributed by atoms with van der Waals surface area (Å²) in [5, 5.41) is 0. The lowest BCUT2D eigenvalue weighted by Crippen LogP contribution is -1.80. The lowest BCUT2D eigenvalue weighted by Gasteiger charge is -1.96. The van der Waals surface area contributed by atoms with Crippen molar-refractivity contribution in [1.29, 1.82) is 0 Å². The molecule has 0 aliphatic carbocycles. The first-order valence-electron chi connectivity index (χ1n) is 5.41. The van der Waals surface area contributed by atoms with Gasteiger partial charge in [0.2, 0.25) is 0 Å². The highest BCUT2D eigenvalue weighted by molar-refractivity contribution is 5.67. The van der Waals surface area contributed by atoms with Crippen LogP contribution in [-0.2, 0) is 0 Å². The summed E-state index contributed by atoms with van der Waals surface area (Å²) in [6, 6.07) is 12.5. The molecule has 0 N–H and O–H groups in total. The fourth-order valence-electron chi connectivity index (χ4n) is 1.44. The van der Waals surface area contributed by atoms with E-state index in [-0.39, 0.29) is 0 Å². The molecule has 0 aliphatic heterocycles. The molecule has 1 aromatic heterocycles. The van der Waals surface area contributed by atoms with Gasteiger partial charge < -0.3 is 0 Å². The fourth-order valence-corrected chi connectivity index (χ4v) is 1.44. The van der Waals surface area contributed by atoms with Gasteiger partial charge in [-0.3, -0.25) is 4.98 Å². The summed E-state index contributed by atoms with van der Waals surface area (Å²) < 4.78 is 0. The van der Waals surface area contributed by atoms with Crippen LogP contribution in [0.2, 0.25) is 0 Å². The molecule has 0 spiro atoms. The van der Waals surface area contributed by atoms with E-state index < -0.39 is 0 Å². The third-order valence-electron chi connectivity index (χ3n) is 2.46. The van der Waals surface area contributed by atoms with Crippen LogP contribution in [0.5, 0.6) is 0 Å². The van der Waals surface area contributed by atoms with Gasteiger partial charge in [-0.1, -0.05) is 42.0 Å². The molecular weight excluding hydrogens is 194 g/mol. The van der Waals surface area contributed by atoms with Crippen molar-refractivity contribution in [2.75, 3.05) is 0 Å². The lowest BCUT2D eigenvalue weighted by molar-refractivity contribution is 1.25. The molecule has 0 unspecified atom stereocenters. The molecule has 0 aliphatic rings. The van der Waals surface area contributed by atoms with E-state index in [0.717, 1.165) is 5.69 Å². The number of benzene rings is 1. The van der Waals surface area contributed by atoms with E-state index in [1.807, 2.05) is 25.3 Å². The summed E-state index contributed by atoms with van der Waals surface area (Å²) >= 11 is 0. The van der Waals surface area contributed by atoms with Crippen LogP contribution in [0.15, 0.2) is 42.6 Å². The van der Waals surface area contributed by atoms with Gasteiger partial charge in [-0.25, -0.2) is 0 Å². The zero-order chi connectivity index (χ0) is 11.4. The molecule has 0 amide bonds. The summed E-state index contributed by atoms with van der Waals surface area (Å²) in [7, 11) is 0. The Morgan fingerprint density at radius 3 is 2.12 bits per heavy atom. The minimum absolute atomic E-state index is 0.992. The molecule has 2 rings (SSSR count). The Morgan fingerprint density at radius 1 is 0.812 bits per heavy atom. The minimum Gasteiger partial charge on any atom is -0.257 e. The first-order chi connectivity index (χ1) is 7.74. The molecule has 0 atom stereocenters. The molecule has 80 valence electrons. The van der Waals surface area contributed by atoms with Crippen molar-refractivity contribution in [2.45, 2.75) is 13.8 Å². The van der Waals surface area contributed by atoms with Gasteiger partial charge in [-0.15, -0.1) is 0 Å². The maximum atomic E-state index is 4.32. The predicted octanol–water partition coefficient (Wildman–Crippen LogP) is 3.87. The monoisotopic (exact) mass is 209 g/mol. The van der Waals surface area contributed by atoms with Crippen LogP contribution in [0, 0.1) is 13.8 Å². The Labute approximate surface area is 96.5 Å². The van der Waals surface area contributed by atoms with E-state index in [9.17, 15) is 0 Å². The fraction of sp³-hybridized carbons (Fsp3) is 0.133. The zero-order valence-corrected chi connectivity index (χ0v) is 9.64. The largest absolute Gasteiger partial charge is 0.257 e. The second kappa shape index (κ2) is 4.75. The van der Waals surface area contributed by atoms with E-state index in [4.69, 9.17) is 0 Å². The maximum absolute atomic E-state index is 4.32. The number of rotatable bonds is 2. The predicted molar refractivity (Wildman–Crippen MR) is 69.1 cm³/mol. The average Bonchev–Trinajstić information content (AvgIpc) is 2.30. The van der Waals surface area contributed by atoms with Crippen molar-refractivity contribution in [1.82, 2.24) is 4.98 Å². The number of nitrogens with zero attached hydrogens (tertiary/aromatic N) is 1. The number of hydrogen-bond donors (Lipinski definition) is 0. The van der Waals surface area contributed by atoms with Crippen molar-refractivity contribution in [3.05, 3.63) is 65.0 Å². The van der Waals surface area contributed by atoms with Crippen LogP contribution in [0.3, 0.4) is 0 Å². The quantitative estimate of drug-likeness (QED) is 0.731. The molecule has 0 saturated carbocycles. The van der Waals surface area contributed by atoms with Crippen LogP contribution in [0.25, 0.3) is 12.2 Å². The van der Waals surface area contributed by atoms with Gasteiger partial charge in [0.05, 0.1) is 5.69 Å². The average molecular weight is 209 g/mol. The molecule has 1 heteroatoms. The Kier molecular flexibility index (Phi) is 3.16. The number of aromatic nitrogens is 1. The van der Waals surface area contributed by atoms with E-state index in [1.165, 1.54) is 16.7 Å². The summed E-state index contributed by atoms with van der Waals surface area (Å²) in [6.07, 6.45) is 6.00. The first-order valence-corrected chi connectivity index (χ1v) is 5.41. The summed E-state index contributed by atoms with van der Waals surface area (Å²) in [5.41, 5.74) is 4.66. The molecule has 1 nitrogen and oxygen atoms in total. The van der Waals surface area contributed by atoms with Gasteiger partial charge in [-0.05, 0) is 37.1 Å². The lowest BCUT2D eigenvalue weighted by atomic mass is 10.1. The molecule has 16 heavy (non-hydrogen) atoms. The van der Waals surface area contributed by atoms with Crippen LogP contribution < -0.4 is 0 Å².